The van der Waals surface area contributed by atoms with E-state index in [4.69, 9.17) is 9.47 Å². The Hall–Kier alpha value is -3.86. The van der Waals surface area contributed by atoms with Gasteiger partial charge in [0.05, 0.1) is 31.5 Å². The lowest BCUT2D eigenvalue weighted by Crippen LogP contribution is -2.48. The summed E-state index contributed by atoms with van der Waals surface area (Å²) in [5.41, 5.74) is 2.49. The lowest BCUT2D eigenvalue weighted by atomic mass is 9.91. The average Bonchev–Trinajstić information content (AvgIpc) is 2.96. The van der Waals surface area contributed by atoms with Crippen molar-refractivity contribution in [3.63, 3.8) is 0 Å². The topological polar surface area (TPSA) is 111 Å². The SMILES string of the molecule is COc1ccc(C(C)(C)N2CCOCC2)cc1S(=O)(=O)NC(=O)c1ccc2c(-c3ccccn3)cccc2n1. The number of morpholine rings is 1. The Labute approximate surface area is 227 Å². The molecule has 0 atom stereocenters. The minimum Gasteiger partial charge on any atom is -0.495 e. The molecule has 3 heterocycles. The van der Waals surface area contributed by atoms with E-state index in [1.165, 1.54) is 13.2 Å². The molecule has 10 heteroatoms. The van der Waals surface area contributed by atoms with E-state index in [-0.39, 0.29) is 16.3 Å². The lowest BCUT2D eigenvalue weighted by molar-refractivity contribution is -0.0118. The largest absolute Gasteiger partial charge is 0.495 e. The monoisotopic (exact) mass is 546 g/mol. The van der Waals surface area contributed by atoms with Crippen molar-refractivity contribution in [3.8, 4) is 17.0 Å². The van der Waals surface area contributed by atoms with Gasteiger partial charge in [-0.15, -0.1) is 0 Å². The molecular formula is C29H30N4O5S. The quantitative estimate of drug-likeness (QED) is 0.371. The van der Waals surface area contributed by atoms with Crippen molar-refractivity contribution in [2.24, 2.45) is 0 Å². The molecule has 1 saturated heterocycles. The number of benzene rings is 2. The molecule has 9 nitrogen and oxygen atoms in total. The van der Waals surface area contributed by atoms with E-state index in [1.54, 1.807) is 30.5 Å². The number of fused-ring (bicyclic) bond motifs is 1. The van der Waals surface area contributed by atoms with Crippen LogP contribution in [0.5, 0.6) is 5.75 Å². The van der Waals surface area contributed by atoms with E-state index in [2.05, 4.69) is 19.6 Å². The number of carbonyl (C=O) groups is 1. The Morgan fingerprint density at radius 2 is 1.82 bits per heavy atom. The van der Waals surface area contributed by atoms with E-state index >= 15 is 0 Å². The Bertz CT molecular complexity index is 1620. The first-order chi connectivity index (χ1) is 18.7. The zero-order valence-electron chi connectivity index (χ0n) is 22.0. The Morgan fingerprint density at radius 1 is 1.03 bits per heavy atom. The summed E-state index contributed by atoms with van der Waals surface area (Å²) < 4.78 is 40.0. The predicted octanol–water partition coefficient (Wildman–Crippen LogP) is 3.99. The molecule has 5 rings (SSSR count). The van der Waals surface area contributed by atoms with E-state index in [0.29, 0.717) is 18.7 Å². The van der Waals surface area contributed by atoms with Crippen LogP contribution in [0.4, 0.5) is 0 Å². The zero-order valence-corrected chi connectivity index (χ0v) is 22.9. The second kappa shape index (κ2) is 10.7. The van der Waals surface area contributed by atoms with Gasteiger partial charge in [-0.3, -0.25) is 14.7 Å². The van der Waals surface area contributed by atoms with Crippen LogP contribution < -0.4 is 9.46 Å². The van der Waals surface area contributed by atoms with Gasteiger partial charge >= 0.3 is 0 Å². The van der Waals surface area contributed by atoms with E-state index < -0.39 is 21.5 Å². The molecule has 1 aliphatic rings. The van der Waals surface area contributed by atoms with Gasteiger partial charge in [-0.05, 0) is 61.9 Å². The highest BCUT2D eigenvalue weighted by Crippen LogP contribution is 2.34. The summed E-state index contributed by atoms with van der Waals surface area (Å²) >= 11 is 0. The Balaban J connectivity index is 1.45. The average molecular weight is 547 g/mol. The first-order valence-corrected chi connectivity index (χ1v) is 14.1. The molecule has 2 aromatic heterocycles. The second-order valence-electron chi connectivity index (χ2n) is 9.74. The van der Waals surface area contributed by atoms with Crippen LogP contribution in [0.1, 0.15) is 29.9 Å². The maximum Gasteiger partial charge on any atom is 0.283 e. The number of hydrogen-bond donors (Lipinski definition) is 1. The maximum absolute atomic E-state index is 13.5. The second-order valence-corrected chi connectivity index (χ2v) is 11.4. The van der Waals surface area contributed by atoms with Gasteiger partial charge in [0.2, 0.25) is 0 Å². The lowest BCUT2D eigenvalue weighted by Gasteiger charge is -2.41. The minimum absolute atomic E-state index is 0.0204. The first-order valence-electron chi connectivity index (χ1n) is 12.6. The molecule has 4 aromatic rings. The molecule has 0 spiro atoms. The molecule has 1 amide bonds. The third-order valence-electron chi connectivity index (χ3n) is 7.09. The van der Waals surface area contributed by atoms with Crippen molar-refractivity contribution in [3.05, 3.63) is 84.2 Å². The third-order valence-corrected chi connectivity index (χ3v) is 8.45. The first kappa shape index (κ1) is 26.7. The summed E-state index contributed by atoms with van der Waals surface area (Å²) in [5, 5.41) is 0.801. The van der Waals surface area contributed by atoms with Crippen molar-refractivity contribution < 1.29 is 22.7 Å². The molecule has 1 N–H and O–H groups in total. The van der Waals surface area contributed by atoms with Crippen LogP contribution in [0.3, 0.4) is 0 Å². The van der Waals surface area contributed by atoms with E-state index in [0.717, 1.165) is 35.3 Å². The number of sulfonamides is 1. The highest BCUT2D eigenvalue weighted by atomic mass is 32.2. The molecule has 1 fully saturated rings. The summed E-state index contributed by atoms with van der Waals surface area (Å²) in [5.74, 6) is -0.691. The number of hydrogen-bond acceptors (Lipinski definition) is 8. The van der Waals surface area contributed by atoms with Gasteiger partial charge in [0, 0.05) is 35.8 Å². The van der Waals surface area contributed by atoms with Crippen LogP contribution in [-0.4, -0.2) is 62.6 Å². The number of carbonyl (C=O) groups excluding carboxylic acids is 1. The fourth-order valence-electron chi connectivity index (χ4n) is 4.83. The fourth-order valence-corrected chi connectivity index (χ4v) is 5.99. The molecule has 0 aliphatic carbocycles. The summed E-state index contributed by atoms with van der Waals surface area (Å²) in [6.07, 6.45) is 1.71. The van der Waals surface area contributed by atoms with Gasteiger partial charge in [-0.25, -0.2) is 18.1 Å². The number of nitrogens with one attached hydrogen (secondary N) is 1. The number of amides is 1. The Morgan fingerprint density at radius 3 is 2.54 bits per heavy atom. The number of ether oxygens (including phenoxy) is 2. The van der Waals surface area contributed by atoms with E-state index in [9.17, 15) is 13.2 Å². The number of rotatable bonds is 7. The number of methoxy groups -OCH3 is 1. The summed E-state index contributed by atoms with van der Waals surface area (Å²) in [4.78, 5) is 24.1. The fraction of sp³-hybridized carbons (Fsp3) is 0.276. The van der Waals surface area contributed by atoms with E-state index in [1.807, 2.05) is 50.2 Å². The van der Waals surface area contributed by atoms with Gasteiger partial charge in [0.25, 0.3) is 15.9 Å². The Kier molecular flexibility index (Phi) is 7.35. The summed E-state index contributed by atoms with van der Waals surface area (Å²) in [7, 11) is -2.89. The molecule has 1 aliphatic heterocycles. The highest BCUT2D eigenvalue weighted by molar-refractivity contribution is 7.90. The van der Waals surface area contributed by atoms with Crippen molar-refractivity contribution in [2.75, 3.05) is 33.4 Å². The predicted molar refractivity (Wildman–Crippen MR) is 148 cm³/mol. The smallest absolute Gasteiger partial charge is 0.283 e. The summed E-state index contributed by atoms with van der Waals surface area (Å²) in [6, 6.07) is 19.4. The summed E-state index contributed by atoms with van der Waals surface area (Å²) in [6.45, 7) is 6.76. The molecule has 39 heavy (non-hydrogen) atoms. The third kappa shape index (κ3) is 5.36. The van der Waals surface area contributed by atoms with Crippen LogP contribution in [0, 0.1) is 0 Å². The van der Waals surface area contributed by atoms with Crippen molar-refractivity contribution in [1.29, 1.82) is 0 Å². The highest BCUT2D eigenvalue weighted by Gasteiger charge is 2.33. The molecular weight excluding hydrogens is 516 g/mol. The van der Waals surface area contributed by atoms with Crippen molar-refractivity contribution in [1.82, 2.24) is 19.6 Å². The number of nitrogens with zero attached hydrogens (tertiary/aromatic N) is 3. The van der Waals surface area contributed by atoms with Crippen LogP contribution in [0.2, 0.25) is 0 Å². The van der Waals surface area contributed by atoms with Gasteiger partial charge in [-0.2, -0.15) is 0 Å². The van der Waals surface area contributed by atoms with Gasteiger partial charge < -0.3 is 9.47 Å². The van der Waals surface area contributed by atoms with Gasteiger partial charge in [0.15, 0.2) is 0 Å². The van der Waals surface area contributed by atoms with Crippen LogP contribution in [0.15, 0.2) is 77.8 Å². The number of aromatic nitrogens is 2. The normalized spacial score (nSPS) is 14.7. The van der Waals surface area contributed by atoms with Crippen molar-refractivity contribution in [2.45, 2.75) is 24.3 Å². The number of pyridine rings is 2. The molecule has 0 bridgehead atoms. The molecule has 202 valence electrons. The van der Waals surface area contributed by atoms with Crippen molar-refractivity contribution >= 4 is 26.8 Å². The maximum atomic E-state index is 13.5. The standard InChI is InChI=1S/C29H30N4O5S/c1-29(2,33-15-17-38-18-16-33)20-10-13-26(37-3)27(19-20)39(35,36)32-28(34)25-12-11-22-21(7-6-9-24(22)31-25)23-8-4-5-14-30-23/h4-14,19H,15-18H2,1-3H3,(H,32,34). The molecule has 0 radical (unpaired) electrons. The van der Waals surface area contributed by atoms with Crippen LogP contribution in [0.25, 0.3) is 22.2 Å². The molecule has 2 aromatic carbocycles. The zero-order chi connectivity index (χ0) is 27.6. The van der Waals surface area contributed by atoms with Gasteiger partial charge in [-0.1, -0.05) is 24.3 Å². The van der Waals surface area contributed by atoms with Crippen LogP contribution >= 0.6 is 0 Å². The minimum atomic E-state index is -4.29. The van der Waals surface area contributed by atoms with Gasteiger partial charge in [0.1, 0.15) is 16.3 Å². The molecule has 0 unspecified atom stereocenters. The van der Waals surface area contributed by atoms with Crippen LogP contribution in [-0.2, 0) is 20.3 Å². The molecule has 0 saturated carbocycles.